The Morgan fingerprint density at radius 2 is 2.03 bits per heavy atom. The van der Waals surface area contributed by atoms with Crippen LogP contribution in [0.3, 0.4) is 0 Å². The Morgan fingerprint density at radius 1 is 1.11 bits per heavy atom. The quantitative estimate of drug-likeness (QED) is 0.363. The van der Waals surface area contributed by atoms with Crippen molar-refractivity contribution >= 4 is 17.4 Å². The highest BCUT2D eigenvalue weighted by Crippen LogP contribution is 2.34. The van der Waals surface area contributed by atoms with Crippen molar-refractivity contribution in [2.75, 3.05) is 11.9 Å². The molecule has 0 fully saturated rings. The number of nitrogens with one attached hydrogen (secondary N) is 2. The number of aromatic nitrogens is 8. The van der Waals surface area contributed by atoms with Gasteiger partial charge in [0.25, 0.3) is 5.56 Å². The highest BCUT2D eigenvalue weighted by atomic mass is 35.5. The number of benzene rings is 1. The number of halogens is 1. The van der Waals surface area contributed by atoms with Gasteiger partial charge in [-0.1, -0.05) is 11.6 Å². The van der Waals surface area contributed by atoms with Crippen LogP contribution in [-0.2, 0) is 6.42 Å². The van der Waals surface area contributed by atoms with Gasteiger partial charge >= 0.3 is 0 Å². The lowest BCUT2D eigenvalue weighted by Crippen LogP contribution is -2.23. The molecule has 11 heteroatoms. The maximum Gasteiger partial charge on any atom is 0.252 e. The molecular formula is C25H22ClN9O. The van der Waals surface area contributed by atoms with Crippen molar-refractivity contribution in [3.05, 3.63) is 88.1 Å². The minimum atomic E-state index is -0.164. The van der Waals surface area contributed by atoms with Gasteiger partial charge in [-0.15, -0.1) is 5.10 Å². The van der Waals surface area contributed by atoms with Crippen molar-refractivity contribution in [3.63, 3.8) is 0 Å². The van der Waals surface area contributed by atoms with Crippen LogP contribution in [0, 0.1) is 0 Å². The first kappa shape index (κ1) is 22.2. The molecule has 10 nitrogen and oxygen atoms in total. The predicted molar refractivity (Wildman–Crippen MR) is 136 cm³/mol. The second-order valence-corrected chi connectivity index (χ2v) is 8.99. The van der Waals surface area contributed by atoms with Gasteiger partial charge in [0, 0.05) is 40.7 Å². The van der Waals surface area contributed by atoms with Gasteiger partial charge in [-0.3, -0.25) is 4.79 Å². The first-order valence-electron chi connectivity index (χ1n) is 11.6. The lowest BCUT2D eigenvalue weighted by Gasteiger charge is -2.15. The fourth-order valence-corrected chi connectivity index (χ4v) is 4.88. The van der Waals surface area contributed by atoms with Crippen LogP contribution < -0.4 is 10.9 Å². The summed E-state index contributed by atoms with van der Waals surface area (Å²) in [4.78, 5) is 25.8. The number of aromatic amines is 1. The van der Waals surface area contributed by atoms with Gasteiger partial charge in [-0.05, 0) is 72.2 Å². The molecule has 1 aromatic carbocycles. The Morgan fingerprint density at radius 3 is 2.81 bits per heavy atom. The molecule has 180 valence electrons. The standard InChI is InChI=1S/C25H22ClN9O/c1-2-27-23-8-3-15(12-28-23)20-13-29-25(31-20)22-7-5-18-9-16(10-24(36)35(18)22)19-11-17(26)4-6-21(19)34-14-30-32-33-34/h3-4,6,8-14,22H,2,5,7H2,1H3,(H,27,28)(H,29,31)/t22-/m0/s1. The van der Waals surface area contributed by atoms with E-state index in [1.54, 1.807) is 23.0 Å². The van der Waals surface area contributed by atoms with Gasteiger partial charge < -0.3 is 14.9 Å². The Hall–Kier alpha value is -4.31. The average molecular weight is 500 g/mol. The normalized spacial score (nSPS) is 14.7. The Balaban J connectivity index is 1.34. The molecule has 6 rings (SSSR count). The number of nitrogens with zero attached hydrogens (tertiary/aromatic N) is 7. The third-order valence-electron chi connectivity index (χ3n) is 6.34. The summed E-state index contributed by atoms with van der Waals surface area (Å²) in [6, 6.07) is 12.9. The lowest BCUT2D eigenvalue weighted by atomic mass is 10.0. The summed E-state index contributed by atoms with van der Waals surface area (Å²) in [5.74, 6) is 1.59. The van der Waals surface area contributed by atoms with Crippen molar-refractivity contribution in [2.45, 2.75) is 25.8 Å². The van der Waals surface area contributed by atoms with Crippen molar-refractivity contribution in [3.8, 4) is 28.1 Å². The summed E-state index contributed by atoms with van der Waals surface area (Å²) in [5.41, 5.74) is 4.95. The second kappa shape index (κ2) is 9.04. The zero-order valence-electron chi connectivity index (χ0n) is 19.4. The van der Waals surface area contributed by atoms with E-state index in [4.69, 9.17) is 11.6 Å². The Bertz CT molecular complexity index is 1590. The van der Waals surface area contributed by atoms with Crippen LogP contribution in [0.15, 0.2) is 66.0 Å². The minimum Gasteiger partial charge on any atom is -0.370 e. The summed E-state index contributed by atoms with van der Waals surface area (Å²) < 4.78 is 3.38. The molecule has 0 aliphatic carbocycles. The van der Waals surface area contributed by atoms with Crippen LogP contribution >= 0.6 is 11.6 Å². The Labute approximate surface area is 211 Å². The predicted octanol–water partition coefficient (Wildman–Crippen LogP) is 3.90. The Kier molecular flexibility index (Phi) is 5.57. The fraction of sp³-hybridized carbons (Fsp3) is 0.200. The first-order chi connectivity index (χ1) is 17.6. The molecule has 0 bridgehead atoms. The molecule has 0 saturated heterocycles. The number of H-pyrrole nitrogens is 1. The van der Waals surface area contributed by atoms with E-state index in [2.05, 4.69) is 35.8 Å². The molecule has 2 N–H and O–H groups in total. The average Bonchev–Trinajstić information content (AvgIpc) is 3.65. The molecule has 0 spiro atoms. The summed E-state index contributed by atoms with van der Waals surface area (Å²) in [7, 11) is 0. The van der Waals surface area contributed by atoms with Gasteiger partial charge in [0.15, 0.2) is 0 Å². The number of tetrazole rings is 1. The molecule has 5 heterocycles. The molecule has 1 aliphatic heterocycles. The molecule has 5 aromatic rings. The topological polar surface area (TPSA) is 119 Å². The molecule has 4 aromatic heterocycles. The number of pyridine rings is 2. The van der Waals surface area contributed by atoms with Crippen LogP contribution in [0.4, 0.5) is 5.82 Å². The van der Waals surface area contributed by atoms with Crippen LogP contribution in [-0.4, -0.2) is 46.3 Å². The van der Waals surface area contributed by atoms with Gasteiger partial charge in [0.2, 0.25) is 0 Å². The summed E-state index contributed by atoms with van der Waals surface area (Å²) in [6.45, 7) is 2.85. The maximum absolute atomic E-state index is 13.4. The molecule has 0 saturated carbocycles. The van der Waals surface area contributed by atoms with E-state index < -0.39 is 0 Å². The number of anilines is 1. The zero-order valence-corrected chi connectivity index (χ0v) is 20.1. The van der Waals surface area contributed by atoms with Gasteiger partial charge in [-0.25, -0.2) is 9.97 Å². The van der Waals surface area contributed by atoms with E-state index in [1.807, 2.05) is 48.0 Å². The highest BCUT2D eigenvalue weighted by Gasteiger charge is 2.28. The first-order valence-corrected chi connectivity index (χ1v) is 12.0. The van der Waals surface area contributed by atoms with E-state index in [0.29, 0.717) is 5.02 Å². The number of rotatable bonds is 6. The van der Waals surface area contributed by atoms with Crippen LogP contribution in [0.1, 0.15) is 30.9 Å². The number of hydrogen-bond acceptors (Lipinski definition) is 7. The number of hydrogen-bond donors (Lipinski definition) is 2. The van der Waals surface area contributed by atoms with Crippen LogP contribution in [0.2, 0.25) is 5.02 Å². The van der Waals surface area contributed by atoms with Crippen molar-refractivity contribution in [1.29, 1.82) is 0 Å². The van der Waals surface area contributed by atoms with Crippen LogP contribution in [0.5, 0.6) is 0 Å². The van der Waals surface area contributed by atoms with E-state index in [1.165, 1.54) is 6.33 Å². The van der Waals surface area contributed by atoms with Crippen LogP contribution in [0.25, 0.3) is 28.1 Å². The smallest absolute Gasteiger partial charge is 0.252 e. The third-order valence-corrected chi connectivity index (χ3v) is 6.58. The second-order valence-electron chi connectivity index (χ2n) is 8.56. The molecule has 1 atom stereocenters. The highest BCUT2D eigenvalue weighted by molar-refractivity contribution is 6.31. The maximum atomic E-state index is 13.4. The van der Waals surface area contributed by atoms with E-state index >= 15 is 0 Å². The SMILES string of the molecule is CCNc1ccc(-c2cnc([C@@H]3CCc4cc(-c5cc(Cl)ccc5-n5cnnn5)cc(=O)n43)[nH]2)cn1. The molecule has 36 heavy (non-hydrogen) atoms. The van der Waals surface area contributed by atoms with Gasteiger partial charge in [-0.2, -0.15) is 4.68 Å². The van der Waals surface area contributed by atoms with E-state index in [-0.39, 0.29) is 11.6 Å². The van der Waals surface area contributed by atoms with E-state index in [9.17, 15) is 4.79 Å². The minimum absolute atomic E-state index is 0.0951. The number of imidazole rings is 1. The van der Waals surface area contributed by atoms with Crippen molar-refractivity contribution in [2.24, 2.45) is 0 Å². The van der Waals surface area contributed by atoms with Crippen molar-refractivity contribution in [1.82, 2.24) is 39.7 Å². The largest absolute Gasteiger partial charge is 0.370 e. The fourth-order valence-electron chi connectivity index (χ4n) is 4.71. The summed E-state index contributed by atoms with van der Waals surface area (Å²) in [5, 5.41) is 15.2. The molecule has 0 amide bonds. The summed E-state index contributed by atoms with van der Waals surface area (Å²) >= 11 is 6.30. The molecule has 0 radical (unpaired) electrons. The summed E-state index contributed by atoms with van der Waals surface area (Å²) in [6.07, 6.45) is 6.65. The molecule has 1 aliphatic rings. The number of aryl methyl sites for hydroxylation is 1. The molecule has 0 unspecified atom stereocenters. The zero-order chi connectivity index (χ0) is 24.6. The third kappa shape index (κ3) is 3.95. The van der Waals surface area contributed by atoms with Gasteiger partial charge in [0.1, 0.15) is 18.0 Å². The lowest BCUT2D eigenvalue weighted by molar-refractivity contribution is 0.572. The van der Waals surface area contributed by atoms with E-state index in [0.717, 1.165) is 64.8 Å². The van der Waals surface area contributed by atoms with Gasteiger partial charge in [0.05, 0.1) is 23.6 Å². The molecular weight excluding hydrogens is 478 g/mol. The number of fused-ring (bicyclic) bond motifs is 1. The van der Waals surface area contributed by atoms with Crippen molar-refractivity contribution < 1.29 is 0 Å². The monoisotopic (exact) mass is 499 g/mol.